The molecule has 1 aromatic carbocycles. The number of sulfonamides is 1. The van der Waals surface area contributed by atoms with E-state index >= 15 is 0 Å². The summed E-state index contributed by atoms with van der Waals surface area (Å²) in [6.45, 7) is 3.14. The maximum Gasteiger partial charge on any atom is 0.218 e. The molecule has 20 heavy (non-hydrogen) atoms. The van der Waals surface area contributed by atoms with Gasteiger partial charge in [-0.25, -0.2) is 17.1 Å². The molecule has 6 heteroatoms. The van der Waals surface area contributed by atoms with E-state index in [-0.39, 0.29) is 11.6 Å². The number of fused-ring (bicyclic) bond motifs is 1. The van der Waals surface area contributed by atoms with Crippen molar-refractivity contribution in [2.24, 2.45) is 11.8 Å². The van der Waals surface area contributed by atoms with Crippen LogP contribution in [0.3, 0.4) is 0 Å². The minimum absolute atomic E-state index is 0.0436. The lowest BCUT2D eigenvalue weighted by atomic mass is 9.90. The third-order valence-corrected chi connectivity index (χ3v) is 6.14. The molecule has 3 rings (SSSR count). The molecule has 0 aliphatic carbocycles. The van der Waals surface area contributed by atoms with Gasteiger partial charge < -0.3 is 5.32 Å². The van der Waals surface area contributed by atoms with Crippen molar-refractivity contribution in [3.05, 3.63) is 35.6 Å². The van der Waals surface area contributed by atoms with Gasteiger partial charge >= 0.3 is 0 Å². The Kier molecular flexibility index (Phi) is 3.79. The van der Waals surface area contributed by atoms with Crippen LogP contribution in [0.5, 0.6) is 0 Å². The Morgan fingerprint density at radius 1 is 1.20 bits per heavy atom. The second-order valence-electron chi connectivity index (χ2n) is 5.71. The van der Waals surface area contributed by atoms with Crippen molar-refractivity contribution in [2.45, 2.75) is 12.2 Å². The highest BCUT2D eigenvalue weighted by atomic mass is 32.2. The van der Waals surface area contributed by atoms with Gasteiger partial charge in [0, 0.05) is 13.1 Å². The van der Waals surface area contributed by atoms with Crippen molar-refractivity contribution in [1.29, 1.82) is 0 Å². The topological polar surface area (TPSA) is 49.4 Å². The Bertz CT molecular complexity index is 573. The standard InChI is InChI=1S/C14H19FN2O2S/c15-14-3-1-11(2-4-14)10-20(18,19)17-6-5-12-7-16-8-13(12)9-17/h1-4,12-13,16H,5-10H2. The van der Waals surface area contributed by atoms with Crippen LogP contribution in [0.25, 0.3) is 0 Å². The first-order valence-corrected chi connectivity index (χ1v) is 8.58. The van der Waals surface area contributed by atoms with Crippen LogP contribution in [-0.2, 0) is 15.8 Å². The van der Waals surface area contributed by atoms with Crippen molar-refractivity contribution in [3.8, 4) is 0 Å². The Balaban J connectivity index is 1.70. The van der Waals surface area contributed by atoms with Crippen LogP contribution in [-0.4, -0.2) is 38.9 Å². The van der Waals surface area contributed by atoms with Gasteiger partial charge in [-0.1, -0.05) is 12.1 Å². The van der Waals surface area contributed by atoms with E-state index in [9.17, 15) is 12.8 Å². The summed E-state index contributed by atoms with van der Waals surface area (Å²) in [6.07, 6.45) is 0.931. The zero-order chi connectivity index (χ0) is 14.2. The molecule has 2 unspecified atom stereocenters. The molecule has 0 aromatic heterocycles. The van der Waals surface area contributed by atoms with E-state index < -0.39 is 10.0 Å². The van der Waals surface area contributed by atoms with E-state index in [0.29, 0.717) is 30.5 Å². The molecule has 0 spiro atoms. The van der Waals surface area contributed by atoms with Crippen LogP contribution in [0.2, 0.25) is 0 Å². The van der Waals surface area contributed by atoms with Gasteiger partial charge in [0.25, 0.3) is 0 Å². The molecule has 1 aromatic rings. The molecule has 1 N–H and O–H groups in total. The zero-order valence-corrected chi connectivity index (χ0v) is 12.1. The van der Waals surface area contributed by atoms with Crippen LogP contribution in [0, 0.1) is 17.7 Å². The smallest absolute Gasteiger partial charge is 0.218 e. The predicted molar refractivity (Wildman–Crippen MR) is 75.1 cm³/mol. The highest BCUT2D eigenvalue weighted by molar-refractivity contribution is 7.88. The van der Waals surface area contributed by atoms with Gasteiger partial charge in [-0.2, -0.15) is 0 Å². The number of nitrogens with one attached hydrogen (secondary N) is 1. The van der Waals surface area contributed by atoms with Gasteiger partial charge in [-0.05, 0) is 49.0 Å². The van der Waals surface area contributed by atoms with Crippen LogP contribution in [0.4, 0.5) is 4.39 Å². The number of piperidine rings is 1. The molecule has 0 radical (unpaired) electrons. The summed E-state index contributed by atoms with van der Waals surface area (Å²) in [5.74, 6) is 0.668. The fourth-order valence-corrected chi connectivity index (χ4v) is 4.74. The van der Waals surface area contributed by atoms with E-state index in [1.807, 2.05) is 0 Å². The molecule has 2 saturated heterocycles. The molecule has 2 aliphatic heterocycles. The number of hydrogen-bond donors (Lipinski definition) is 1. The number of hydrogen-bond acceptors (Lipinski definition) is 3. The Labute approximate surface area is 119 Å². The highest BCUT2D eigenvalue weighted by Gasteiger charge is 2.37. The number of benzene rings is 1. The Morgan fingerprint density at radius 3 is 2.65 bits per heavy atom. The van der Waals surface area contributed by atoms with Crippen molar-refractivity contribution in [2.75, 3.05) is 26.2 Å². The van der Waals surface area contributed by atoms with Gasteiger partial charge in [0.05, 0.1) is 5.75 Å². The van der Waals surface area contributed by atoms with Crippen LogP contribution in [0.15, 0.2) is 24.3 Å². The average molecular weight is 298 g/mol. The monoisotopic (exact) mass is 298 g/mol. The van der Waals surface area contributed by atoms with Crippen molar-refractivity contribution >= 4 is 10.0 Å². The third kappa shape index (κ3) is 2.87. The molecule has 4 nitrogen and oxygen atoms in total. The lowest BCUT2D eigenvalue weighted by Crippen LogP contribution is -2.43. The maximum atomic E-state index is 12.9. The average Bonchev–Trinajstić information content (AvgIpc) is 2.88. The normalized spacial score (nSPS) is 27.4. The largest absolute Gasteiger partial charge is 0.316 e. The van der Waals surface area contributed by atoms with Crippen molar-refractivity contribution in [1.82, 2.24) is 9.62 Å². The lowest BCUT2D eigenvalue weighted by molar-refractivity contribution is 0.227. The first-order valence-electron chi connectivity index (χ1n) is 6.97. The first-order chi connectivity index (χ1) is 9.54. The van der Waals surface area contributed by atoms with Gasteiger partial charge in [0.1, 0.15) is 5.82 Å². The molecule has 110 valence electrons. The van der Waals surface area contributed by atoms with E-state index in [2.05, 4.69) is 5.32 Å². The minimum atomic E-state index is -3.30. The van der Waals surface area contributed by atoms with Crippen LogP contribution in [0.1, 0.15) is 12.0 Å². The number of rotatable bonds is 3. The summed E-state index contributed by atoms with van der Waals surface area (Å²) in [5, 5.41) is 3.33. The van der Waals surface area contributed by atoms with E-state index in [0.717, 1.165) is 19.5 Å². The second-order valence-corrected chi connectivity index (χ2v) is 7.68. The molecule has 2 fully saturated rings. The summed E-state index contributed by atoms with van der Waals surface area (Å²) in [6, 6.07) is 5.68. The van der Waals surface area contributed by atoms with E-state index in [1.165, 1.54) is 24.3 Å². The first kappa shape index (κ1) is 14.0. The molecule has 0 bridgehead atoms. The third-order valence-electron chi connectivity index (χ3n) is 4.32. The lowest BCUT2D eigenvalue weighted by Gasteiger charge is -2.33. The number of halogens is 1. The second kappa shape index (κ2) is 5.42. The SMILES string of the molecule is O=S(=O)(Cc1ccc(F)cc1)N1CCC2CNCC2C1. The van der Waals surface area contributed by atoms with Crippen molar-refractivity contribution in [3.63, 3.8) is 0 Å². The molecule has 2 heterocycles. The Hall–Kier alpha value is -0.980. The van der Waals surface area contributed by atoms with Crippen molar-refractivity contribution < 1.29 is 12.8 Å². The molecule has 2 aliphatic rings. The van der Waals surface area contributed by atoms with Crippen LogP contribution < -0.4 is 5.32 Å². The number of nitrogens with zero attached hydrogens (tertiary/aromatic N) is 1. The highest BCUT2D eigenvalue weighted by Crippen LogP contribution is 2.28. The molecular weight excluding hydrogens is 279 g/mol. The summed E-state index contributed by atoms with van der Waals surface area (Å²) in [4.78, 5) is 0. The van der Waals surface area contributed by atoms with E-state index in [4.69, 9.17) is 0 Å². The summed E-state index contributed by atoms with van der Waals surface area (Å²) < 4.78 is 39.3. The Morgan fingerprint density at radius 2 is 1.90 bits per heavy atom. The van der Waals surface area contributed by atoms with Gasteiger partial charge in [0.15, 0.2) is 0 Å². The summed E-state index contributed by atoms with van der Waals surface area (Å²) in [5.41, 5.74) is 0.637. The molecular formula is C14H19FN2O2S. The van der Waals surface area contributed by atoms with Gasteiger partial charge in [0.2, 0.25) is 10.0 Å². The van der Waals surface area contributed by atoms with Crippen LogP contribution >= 0.6 is 0 Å². The van der Waals surface area contributed by atoms with Gasteiger partial charge in [-0.3, -0.25) is 0 Å². The fraction of sp³-hybridized carbons (Fsp3) is 0.571. The minimum Gasteiger partial charge on any atom is -0.316 e. The molecule has 2 atom stereocenters. The van der Waals surface area contributed by atoms with Gasteiger partial charge in [-0.15, -0.1) is 0 Å². The quantitative estimate of drug-likeness (QED) is 0.912. The maximum absolute atomic E-state index is 12.9. The zero-order valence-electron chi connectivity index (χ0n) is 11.3. The molecule has 0 amide bonds. The molecule has 0 saturated carbocycles. The summed E-state index contributed by atoms with van der Waals surface area (Å²) >= 11 is 0. The fourth-order valence-electron chi connectivity index (χ4n) is 3.14. The predicted octanol–water partition coefficient (Wildman–Crippen LogP) is 1.20. The summed E-state index contributed by atoms with van der Waals surface area (Å²) in [7, 11) is -3.30. The van der Waals surface area contributed by atoms with E-state index in [1.54, 1.807) is 4.31 Å².